The number of nitriles is 1. The summed E-state index contributed by atoms with van der Waals surface area (Å²) < 4.78 is 0. The number of hydrogen-bond acceptors (Lipinski definition) is 4. The maximum Gasteiger partial charge on any atom is 0.259 e. The minimum Gasteiger partial charge on any atom is -0.508 e. The topological polar surface area (TPSA) is 67.6 Å². The van der Waals surface area contributed by atoms with Crippen molar-refractivity contribution in [1.29, 1.82) is 5.26 Å². The first-order valence-electron chi connectivity index (χ1n) is 7.45. The Bertz CT molecular complexity index is 919. The summed E-state index contributed by atoms with van der Waals surface area (Å²) in [7, 11) is 0. The SMILES string of the molecule is CC1(C)C(=O)N(c2ccc(C#N)c(Cl)c2)C(=S)N1c1ccc(O)cc1. The number of thiocarbonyl (C=S) groups is 1. The minimum atomic E-state index is -0.908. The van der Waals surface area contributed by atoms with E-state index in [4.69, 9.17) is 29.1 Å². The van der Waals surface area contributed by atoms with E-state index in [-0.39, 0.29) is 16.7 Å². The van der Waals surface area contributed by atoms with Crippen LogP contribution < -0.4 is 9.80 Å². The van der Waals surface area contributed by atoms with Gasteiger partial charge >= 0.3 is 0 Å². The van der Waals surface area contributed by atoms with Gasteiger partial charge in [-0.2, -0.15) is 5.26 Å². The lowest BCUT2D eigenvalue weighted by Crippen LogP contribution is -2.44. The predicted molar refractivity (Wildman–Crippen MR) is 101 cm³/mol. The molecule has 1 saturated heterocycles. The van der Waals surface area contributed by atoms with Gasteiger partial charge in [-0.3, -0.25) is 9.69 Å². The monoisotopic (exact) mass is 371 g/mol. The average molecular weight is 372 g/mol. The Balaban J connectivity index is 2.07. The molecule has 0 unspecified atom stereocenters. The highest BCUT2D eigenvalue weighted by Gasteiger charge is 2.50. The maximum absolute atomic E-state index is 13.0. The first-order chi connectivity index (χ1) is 11.8. The molecule has 0 aliphatic carbocycles. The molecule has 2 aromatic carbocycles. The van der Waals surface area contributed by atoms with Gasteiger partial charge in [-0.15, -0.1) is 0 Å². The van der Waals surface area contributed by atoms with E-state index in [9.17, 15) is 9.90 Å². The van der Waals surface area contributed by atoms with Crippen molar-refractivity contribution in [2.45, 2.75) is 19.4 Å². The van der Waals surface area contributed by atoms with Crippen LogP contribution in [0.15, 0.2) is 42.5 Å². The average Bonchev–Trinajstić information content (AvgIpc) is 2.74. The third-order valence-electron chi connectivity index (χ3n) is 4.11. The molecule has 1 aliphatic rings. The molecule has 1 amide bonds. The zero-order valence-electron chi connectivity index (χ0n) is 13.5. The van der Waals surface area contributed by atoms with E-state index in [2.05, 4.69) is 0 Å². The normalized spacial score (nSPS) is 16.2. The van der Waals surface area contributed by atoms with E-state index in [1.165, 1.54) is 4.90 Å². The molecule has 1 aliphatic heterocycles. The Hall–Kier alpha value is -2.62. The van der Waals surface area contributed by atoms with E-state index in [1.807, 2.05) is 6.07 Å². The number of phenolic OH excluding ortho intramolecular Hbond substituents is 1. The van der Waals surface area contributed by atoms with Gasteiger partial charge in [0.05, 0.1) is 16.3 Å². The van der Waals surface area contributed by atoms with Crippen LogP contribution in [0.2, 0.25) is 5.02 Å². The second-order valence-corrected chi connectivity index (χ2v) is 6.88. The van der Waals surface area contributed by atoms with E-state index >= 15 is 0 Å². The number of anilines is 2. The highest BCUT2D eigenvalue weighted by molar-refractivity contribution is 7.81. The van der Waals surface area contributed by atoms with E-state index in [1.54, 1.807) is 61.2 Å². The van der Waals surface area contributed by atoms with Crippen molar-refractivity contribution in [3.8, 4) is 11.8 Å². The van der Waals surface area contributed by atoms with Crippen molar-refractivity contribution in [3.63, 3.8) is 0 Å². The molecule has 3 rings (SSSR count). The third-order valence-corrected chi connectivity index (χ3v) is 4.79. The van der Waals surface area contributed by atoms with Crippen molar-refractivity contribution in [3.05, 3.63) is 53.1 Å². The van der Waals surface area contributed by atoms with E-state index in [0.717, 1.165) is 0 Å². The van der Waals surface area contributed by atoms with E-state index < -0.39 is 5.54 Å². The molecule has 7 heteroatoms. The molecule has 2 aromatic rings. The molecular formula is C18H14ClN3O2S. The zero-order valence-corrected chi connectivity index (χ0v) is 15.1. The molecule has 1 heterocycles. The van der Waals surface area contributed by atoms with Gasteiger partial charge in [0.15, 0.2) is 5.11 Å². The summed E-state index contributed by atoms with van der Waals surface area (Å²) in [5, 5.41) is 19.1. The molecule has 0 aromatic heterocycles. The lowest BCUT2D eigenvalue weighted by molar-refractivity contribution is -0.120. The van der Waals surface area contributed by atoms with Gasteiger partial charge in [-0.25, -0.2) is 0 Å². The van der Waals surface area contributed by atoms with Gasteiger partial charge in [0, 0.05) is 5.69 Å². The number of phenols is 1. The molecule has 1 fully saturated rings. The number of nitrogens with zero attached hydrogens (tertiary/aromatic N) is 3. The smallest absolute Gasteiger partial charge is 0.259 e. The Labute approximate surface area is 155 Å². The lowest BCUT2D eigenvalue weighted by atomic mass is 10.0. The number of aromatic hydroxyl groups is 1. The van der Waals surface area contributed by atoms with Gasteiger partial charge in [0.1, 0.15) is 17.4 Å². The second-order valence-electron chi connectivity index (χ2n) is 6.11. The molecule has 0 spiro atoms. The predicted octanol–water partition coefficient (Wildman–Crippen LogP) is 3.83. The first-order valence-corrected chi connectivity index (χ1v) is 8.23. The lowest BCUT2D eigenvalue weighted by Gasteiger charge is -2.29. The summed E-state index contributed by atoms with van der Waals surface area (Å²) in [5.41, 5.74) is 0.628. The summed E-state index contributed by atoms with van der Waals surface area (Å²) in [4.78, 5) is 16.1. The quantitative estimate of drug-likeness (QED) is 0.812. The number of rotatable bonds is 2. The molecule has 0 atom stereocenters. The van der Waals surface area contributed by atoms with Gasteiger partial charge in [0.25, 0.3) is 5.91 Å². The van der Waals surface area contributed by atoms with Crippen LogP contribution in [0.5, 0.6) is 5.75 Å². The van der Waals surface area contributed by atoms with Crippen molar-refractivity contribution in [2.75, 3.05) is 9.80 Å². The third kappa shape index (κ3) is 2.72. The Morgan fingerprint density at radius 2 is 1.76 bits per heavy atom. The van der Waals surface area contributed by atoms with Crippen LogP contribution in [0.4, 0.5) is 11.4 Å². The van der Waals surface area contributed by atoms with Crippen molar-refractivity contribution in [2.24, 2.45) is 0 Å². The number of carbonyl (C=O) groups excluding carboxylic acids is 1. The fourth-order valence-electron chi connectivity index (χ4n) is 2.79. The number of halogens is 1. The summed E-state index contributed by atoms with van der Waals surface area (Å²) in [6.45, 7) is 3.56. The Kier molecular flexibility index (Phi) is 4.15. The Morgan fingerprint density at radius 3 is 2.32 bits per heavy atom. The van der Waals surface area contributed by atoms with Gasteiger partial charge < -0.3 is 10.0 Å². The molecule has 126 valence electrons. The molecule has 1 N–H and O–H groups in total. The number of carbonyl (C=O) groups is 1. The molecule has 25 heavy (non-hydrogen) atoms. The zero-order chi connectivity index (χ0) is 18.4. The van der Waals surface area contributed by atoms with Crippen molar-refractivity contribution >= 4 is 46.2 Å². The van der Waals surface area contributed by atoms with Crippen LogP contribution in [0.3, 0.4) is 0 Å². The number of benzene rings is 2. The number of amides is 1. The van der Waals surface area contributed by atoms with Crippen LogP contribution in [0.25, 0.3) is 0 Å². The molecule has 0 radical (unpaired) electrons. The standard InChI is InChI=1S/C18H14ClN3O2S/c1-18(2)16(24)21(13-4-3-11(10-20)15(19)9-13)17(25)22(18)12-5-7-14(23)8-6-12/h3-9,23H,1-2H3. The summed E-state index contributed by atoms with van der Waals surface area (Å²) in [6, 6.07) is 13.2. The molecule has 5 nitrogen and oxygen atoms in total. The highest BCUT2D eigenvalue weighted by atomic mass is 35.5. The summed E-state index contributed by atoms with van der Waals surface area (Å²) in [6.07, 6.45) is 0. The number of hydrogen-bond donors (Lipinski definition) is 1. The van der Waals surface area contributed by atoms with Crippen LogP contribution in [-0.2, 0) is 4.79 Å². The highest BCUT2D eigenvalue weighted by Crippen LogP contribution is 2.37. The van der Waals surface area contributed by atoms with Crippen molar-refractivity contribution in [1.82, 2.24) is 0 Å². The second kappa shape index (κ2) is 6.03. The van der Waals surface area contributed by atoms with E-state index in [0.29, 0.717) is 22.1 Å². The van der Waals surface area contributed by atoms with Gasteiger partial charge in [0.2, 0.25) is 0 Å². The van der Waals surface area contributed by atoms with Gasteiger partial charge in [-0.05, 0) is 68.5 Å². The van der Waals surface area contributed by atoms with Crippen LogP contribution in [0, 0.1) is 11.3 Å². The van der Waals surface area contributed by atoms with Crippen LogP contribution >= 0.6 is 23.8 Å². The maximum atomic E-state index is 13.0. The Morgan fingerprint density at radius 1 is 1.16 bits per heavy atom. The molecular weight excluding hydrogens is 358 g/mol. The summed E-state index contributed by atoms with van der Waals surface area (Å²) in [5.74, 6) is -0.0694. The fraction of sp³-hybridized carbons (Fsp3) is 0.167. The first kappa shape index (κ1) is 17.2. The van der Waals surface area contributed by atoms with Crippen molar-refractivity contribution < 1.29 is 9.90 Å². The largest absolute Gasteiger partial charge is 0.508 e. The van der Waals surface area contributed by atoms with Crippen LogP contribution in [-0.4, -0.2) is 21.7 Å². The molecule has 0 bridgehead atoms. The van der Waals surface area contributed by atoms with Gasteiger partial charge in [-0.1, -0.05) is 11.6 Å². The minimum absolute atomic E-state index is 0.133. The summed E-state index contributed by atoms with van der Waals surface area (Å²) >= 11 is 11.6. The fourth-order valence-corrected chi connectivity index (χ4v) is 3.53. The van der Waals surface area contributed by atoms with Crippen LogP contribution in [0.1, 0.15) is 19.4 Å². The molecule has 0 saturated carbocycles.